The molecular formula is C28H36F4N2. The van der Waals surface area contributed by atoms with Crippen molar-refractivity contribution in [2.45, 2.75) is 53.4 Å². The summed E-state index contributed by atoms with van der Waals surface area (Å²) in [5, 5.41) is 0. The topological polar surface area (TPSA) is 6.48 Å². The van der Waals surface area contributed by atoms with E-state index in [2.05, 4.69) is 27.7 Å². The molecule has 0 saturated carbocycles. The lowest BCUT2D eigenvalue weighted by atomic mass is 9.86. The fraction of sp³-hybridized carbons (Fsp3) is 0.571. The standard InChI is InChI=1S/C28H36F4N2/c1-17(2)19-7-10-33(11-8-19)26-14-22(24(30)15-25(26)31)23-12-21(29)13-27(28(23)32)34-9-5-6-20(16-34)18(3)4/h12-15,17-20H,5-11,16H2,1-4H3. The molecule has 0 aliphatic carbocycles. The quantitative estimate of drug-likeness (QED) is 0.409. The van der Waals surface area contributed by atoms with Crippen molar-refractivity contribution >= 4 is 11.4 Å². The van der Waals surface area contributed by atoms with Crippen LogP contribution in [0.1, 0.15) is 53.4 Å². The van der Waals surface area contributed by atoms with Crippen LogP contribution in [0.4, 0.5) is 28.9 Å². The molecule has 0 N–H and O–H groups in total. The molecule has 0 aromatic heterocycles. The maximum absolute atomic E-state index is 15.8. The molecule has 0 spiro atoms. The van der Waals surface area contributed by atoms with E-state index in [4.69, 9.17) is 0 Å². The molecule has 2 heterocycles. The van der Waals surface area contributed by atoms with Crippen LogP contribution in [0, 0.1) is 46.9 Å². The molecule has 0 amide bonds. The Morgan fingerprint density at radius 2 is 1.35 bits per heavy atom. The number of nitrogens with zero attached hydrogens (tertiary/aromatic N) is 2. The van der Waals surface area contributed by atoms with Gasteiger partial charge in [-0.1, -0.05) is 27.7 Å². The van der Waals surface area contributed by atoms with E-state index in [0.29, 0.717) is 49.9 Å². The van der Waals surface area contributed by atoms with Crippen LogP contribution in [0.3, 0.4) is 0 Å². The summed E-state index contributed by atoms with van der Waals surface area (Å²) in [7, 11) is 0. The van der Waals surface area contributed by atoms with Gasteiger partial charge in [0, 0.05) is 49.4 Å². The maximum Gasteiger partial charge on any atom is 0.154 e. The van der Waals surface area contributed by atoms with Crippen molar-refractivity contribution in [1.29, 1.82) is 0 Å². The third-order valence-electron chi connectivity index (χ3n) is 7.91. The first kappa shape index (κ1) is 24.9. The fourth-order valence-corrected chi connectivity index (χ4v) is 5.57. The van der Waals surface area contributed by atoms with E-state index in [1.165, 1.54) is 12.1 Å². The van der Waals surface area contributed by atoms with Gasteiger partial charge in [0.15, 0.2) is 5.82 Å². The molecule has 2 aromatic rings. The van der Waals surface area contributed by atoms with Crippen LogP contribution in [-0.2, 0) is 0 Å². The van der Waals surface area contributed by atoms with Crippen molar-refractivity contribution in [3.63, 3.8) is 0 Å². The van der Waals surface area contributed by atoms with Crippen LogP contribution in [0.15, 0.2) is 24.3 Å². The van der Waals surface area contributed by atoms with Crippen LogP contribution in [-0.4, -0.2) is 26.2 Å². The number of halogens is 4. The molecule has 0 radical (unpaired) electrons. The van der Waals surface area contributed by atoms with Crippen molar-refractivity contribution in [1.82, 2.24) is 0 Å². The van der Waals surface area contributed by atoms with Crippen LogP contribution in [0.2, 0.25) is 0 Å². The lowest BCUT2D eigenvalue weighted by molar-refractivity contribution is 0.310. The molecule has 2 aliphatic heterocycles. The van der Waals surface area contributed by atoms with E-state index in [-0.39, 0.29) is 22.5 Å². The average Bonchev–Trinajstić information content (AvgIpc) is 2.81. The van der Waals surface area contributed by atoms with Gasteiger partial charge in [-0.2, -0.15) is 0 Å². The Morgan fingerprint density at radius 3 is 2.00 bits per heavy atom. The van der Waals surface area contributed by atoms with Crippen molar-refractivity contribution in [2.24, 2.45) is 23.7 Å². The summed E-state index contributed by atoms with van der Waals surface area (Å²) >= 11 is 0. The molecule has 4 rings (SSSR count). The number of piperidine rings is 2. The fourth-order valence-electron chi connectivity index (χ4n) is 5.57. The zero-order valence-electron chi connectivity index (χ0n) is 20.7. The molecule has 6 heteroatoms. The number of hydrogen-bond donors (Lipinski definition) is 0. The van der Waals surface area contributed by atoms with E-state index in [0.717, 1.165) is 37.8 Å². The van der Waals surface area contributed by atoms with Crippen molar-refractivity contribution in [2.75, 3.05) is 36.0 Å². The molecule has 2 aliphatic rings. The molecule has 2 aromatic carbocycles. The maximum atomic E-state index is 15.8. The number of hydrogen-bond acceptors (Lipinski definition) is 2. The van der Waals surface area contributed by atoms with Gasteiger partial charge in [0.05, 0.1) is 11.4 Å². The van der Waals surface area contributed by atoms with Crippen LogP contribution in [0.25, 0.3) is 11.1 Å². The molecule has 2 nitrogen and oxygen atoms in total. The summed E-state index contributed by atoms with van der Waals surface area (Å²) < 4.78 is 60.2. The summed E-state index contributed by atoms with van der Waals surface area (Å²) in [6, 6.07) is 4.38. The lowest BCUT2D eigenvalue weighted by Crippen LogP contribution is -2.38. The monoisotopic (exact) mass is 476 g/mol. The highest BCUT2D eigenvalue weighted by Gasteiger charge is 2.28. The van der Waals surface area contributed by atoms with Gasteiger partial charge in [0.25, 0.3) is 0 Å². The van der Waals surface area contributed by atoms with Crippen LogP contribution >= 0.6 is 0 Å². The largest absolute Gasteiger partial charge is 0.369 e. The van der Waals surface area contributed by atoms with Crippen molar-refractivity contribution in [3.05, 3.63) is 47.5 Å². The Bertz CT molecular complexity index is 1010. The highest BCUT2D eigenvalue weighted by atomic mass is 19.1. The minimum Gasteiger partial charge on any atom is -0.369 e. The summed E-state index contributed by atoms with van der Waals surface area (Å²) in [5.74, 6) is -0.868. The second-order valence-corrected chi connectivity index (χ2v) is 10.7. The number of benzene rings is 2. The first-order valence-corrected chi connectivity index (χ1v) is 12.6. The van der Waals surface area contributed by atoms with Gasteiger partial charge in [-0.05, 0) is 61.5 Å². The van der Waals surface area contributed by atoms with Crippen molar-refractivity contribution in [3.8, 4) is 11.1 Å². The first-order chi connectivity index (χ1) is 16.2. The van der Waals surface area contributed by atoms with E-state index in [9.17, 15) is 13.2 Å². The molecule has 0 bridgehead atoms. The van der Waals surface area contributed by atoms with Gasteiger partial charge in [-0.25, -0.2) is 17.6 Å². The van der Waals surface area contributed by atoms with E-state index >= 15 is 4.39 Å². The third kappa shape index (κ3) is 5.06. The van der Waals surface area contributed by atoms with E-state index < -0.39 is 23.3 Å². The average molecular weight is 477 g/mol. The van der Waals surface area contributed by atoms with Gasteiger partial charge in [0.1, 0.15) is 17.5 Å². The minimum atomic E-state index is -0.882. The summed E-state index contributed by atoms with van der Waals surface area (Å²) in [4.78, 5) is 3.77. The molecular weight excluding hydrogens is 440 g/mol. The smallest absolute Gasteiger partial charge is 0.154 e. The number of anilines is 2. The van der Waals surface area contributed by atoms with Crippen LogP contribution < -0.4 is 9.80 Å². The Kier molecular flexibility index (Phi) is 7.44. The summed E-state index contributed by atoms with van der Waals surface area (Å²) in [6.07, 6.45) is 3.81. The van der Waals surface area contributed by atoms with E-state index in [1.807, 2.05) is 9.80 Å². The van der Waals surface area contributed by atoms with Gasteiger partial charge < -0.3 is 9.80 Å². The third-order valence-corrected chi connectivity index (χ3v) is 7.91. The predicted molar refractivity (Wildman–Crippen MR) is 131 cm³/mol. The highest BCUT2D eigenvalue weighted by molar-refractivity contribution is 5.74. The summed E-state index contributed by atoms with van der Waals surface area (Å²) in [5.41, 5.74) is 0.153. The zero-order chi connectivity index (χ0) is 24.6. The second-order valence-electron chi connectivity index (χ2n) is 10.7. The first-order valence-electron chi connectivity index (χ1n) is 12.6. The molecule has 34 heavy (non-hydrogen) atoms. The van der Waals surface area contributed by atoms with Gasteiger partial charge in [0.2, 0.25) is 0 Å². The van der Waals surface area contributed by atoms with Gasteiger partial charge >= 0.3 is 0 Å². The van der Waals surface area contributed by atoms with Crippen molar-refractivity contribution < 1.29 is 17.6 Å². The molecule has 2 fully saturated rings. The second kappa shape index (κ2) is 10.2. The van der Waals surface area contributed by atoms with Gasteiger partial charge in [-0.15, -0.1) is 0 Å². The molecule has 2 saturated heterocycles. The Balaban J connectivity index is 1.69. The molecule has 1 atom stereocenters. The number of rotatable bonds is 5. The SMILES string of the molecule is CC(C)C1CCN(c2cc(-c3cc(F)cc(N4CCCC(C(C)C)C4)c3F)c(F)cc2F)CC1. The molecule has 186 valence electrons. The zero-order valence-corrected chi connectivity index (χ0v) is 20.7. The Labute approximate surface area is 200 Å². The van der Waals surface area contributed by atoms with E-state index in [1.54, 1.807) is 0 Å². The summed E-state index contributed by atoms with van der Waals surface area (Å²) in [6.45, 7) is 11.2. The Hall–Kier alpha value is -2.24. The van der Waals surface area contributed by atoms with Crippen LogP contribution in [0.5, 0.6) is 0 Å². The minimum absolute atomic E-state index is 0.0990. The predicted octanol–water partition coefficient (Wildman–Crippen LogP) is 7.65. The Morgan fingerprint density at radius 1 is 0.676 bits per heavy atom. The lowest BCUT2D eigenvalue weighted by Gasteiger charge is -2.37. The highest BCUT2D eigenvalue weighted by Crippen LogP contribution is 2.38. The molecule has 1 unspecified atom stereocenters. The van der Waals surface area contributed by atoms with Gasteiger partial charge in [-0.3, -0.25) is 0 Å². The normalized spacial score (nSPS) is 20.0.